The predicted molar refractivity (Wildman–Crippen MR) is 90.5 cm³/mol. The third kappa shape index (κ3) is 4.50. The maximum atomic E-state index is 5.97. The summed E-state index contributed by atoms with van der Waals surface area (Å²) in [6.07, 6.45) is 0. The van der Waals surface area contributed by atoms with Crippen molar-refractivity contribution in [3.8, 4) is 11.5 Å². The monoisotopic (exact) mass is 299 g/mol. The summed E-state index contributed by atoms with van der Waals surface area (Å²) in [5, 5.41) is 3.32. The molecule has 118 valence electrons. The van der Waals surface area contributed by atoms with Crippen LogP contribution < -0.4 is 14.8 Å². The van der Waals surface area contributed by atoms with Gasteiger partial charge >= 0.3 is 0 Å². The fourth-order valence-corrected chi connectivity index (χ4v) is 2.25. The molecule has 0 heterocycles. The summed E-state index contributed by atoms with van der Waals surface area (Å²) in [6, 6.07) is 14.4. The average Bonchev–Trinajstić information content (AvgIpc) is 2.53. The number of ether oxygens (including phenoxy) is 2. The first kappa shape index (κ1) is 16.4. The second-order valence-corrected chi connectivity index (χ2v) is 5.21. The van der Waals surface area contributed by atoms with Gasteiger partial charge in [0.05, 0.1) is 6.61 Å². The van der Waals surface area contributed by atoms with Gasteiger partial charge in [0.25, 0.3) is 0 Å². The summed E-state index contributed by atoms with van der Waals surface area (Å²) in [4.78, 5) is 0. The number of benzene rings is 2. The van der Waals surface area contributed by atoms with Gasteiger partial charge < -0.3 is 14.8 Å². The molecule has 0 amide bonds. The minimum Gasteiger partial charge on any atom is -0.490 e. The number of hydrogen-bond donors (Lipinski definition) is 1. The molecule has 0 atom stereocenters. The Balaban J connectivity index is 2.10. The smallest absolute Gasteiger partial charge is 0.161 e. The molecule has 0 saturated carbocycles. The van der Waals surface area contributed by atoms with Crippen molar-refractivity contribution in [3.63, 3.8) is 0 Å². The van der Waals surface area contributed by atoms with Crippen molar-refractivity contribution in [3.05, 3.63) is 59.2 Å². The number of hydrogen-bond acceptors (Lipinski definition) is 3. The van der Waals surface area contributed by atoms with Crippen LogP contribution in [0.5, 0.6) is 11.5 Å². The van der Waals surface area contributed by atoms with Gasteiger partial charge in [0.1, 0.15) is 6.61 Å². The normalized spacial score (nSPS) is 10.5. The zero-order chi connectivity index (χ0) is 15.8. The van der Waals surface area contributed by atoms with E-state index in [0.29, 0.717) is 13.2 Å². The topological polar surface area (TPSA) is 30.5 Å². The van der Waals surface area contributed by atoms with E-state index in [2.05, 4.69) is 43.4 Å². The largest absolute Gasteiger partial charge is 0.490 e. The van der Waals surface area contributed by atoms with Crippen molar-refractivity contribution in [1.82, 2.24) is 5.32 Å². The van der Waals surface area contributed by atoms with Crippen molar-refractivity contribution in [2.24, 2.45) is 0 Å². The molecule has 0 aromatic heterocycles. The Labute approximate surface area is 133 Å². The molecule has 0 bridgehead atoms. The van der Waals surface area contributed by atoms with Crippen LogP contribution in [-0.2, 0) is 13.2 Å². The molecule has 2 aromatic carbocycles. The molecular weight excluding hydrogens is 274 g/mol. The summed E-state index contributed by atoms with van der Waals surface area (Å²) >= 11 is 0. The zero-order valence-electron chi connectivity index (χ0n) is 13.7. The summed E-state index contributed by atoms with van der Waals surface area (Å²) in [7, 11) is 0. The number of rotatable bonds is 8. The first-order chi connectivity index (χ1) is 10.7. The highest BCUT2D eigenvalue weighted by Gasteiger charge is 2.07. The molecule has 0 unspecified atom stereocenters. The fourth-order valence-electron chi connectivity index (χ4n) is 2.25. The SMILES string of the molecule is CCNCc1ccc(OCc2ccccc2C)c(OCC)c1. The van der Waals surface area contributed by atoms with Crippen molar-refractivity contribution >= 4 is 0 Å². The molecule has 0 aliphatic heterocycles. The Kier molecular flexibility index (Phi) is 6.28. The Morgan fingerprint density at radius 3 is 2.50 bits per heavy atom. The summed E-state index contributed by atoms with van der Waals surface area (Å²) in [5.41, 5.74) is 3.64. The van der Waals surface area contributed by atoms with Crippen LogP contribution in [-0.4, -0.2) is 13.2 Å². The van der Waals surface area contributed by atoms with Crippen LogP contribution in [0.4, 0.5) is 0 Å². The van der Waals surface area contributed by atoms with E-state index in [1.165, 1.54) is 16.7 Å². The second kappa shape index (κ2) is 8.44. The van der Waals surface area contributed by atoms with Gasteiger partial charge in [-0.15, -0.1) is 0 Å². The van der Waals surface area contributed by atoms with Crippen LogP contribution in [0, 0.1) is 6.92 Å². The summed E-state index contributed by atoms with van der Waals surface area (Å²) in [6.45, 7) is 9.17. The van der Waals surface area contributed by atoms with E-state index in [-0.39, 0.29) is 0 Å². The Bertz CT molecular complexity index is 596. The second-order valence-electron chi connectivity index (χ2n) is 5.21. The third-order valence-corrected chi connectivity index (χ3v) is 3.53. The van der Waals surface area contributed by atoms with Crippen LogP contribution in [0.1, 0.15) is 30.5 Å². The van der Waals surface area contributed by atoms with Crippen LogP contribution >= 0.6 is 0 Å². The lowest BCUT2D eigenvalue weighted by atomic mass is 10.1. The Hall–Kier alpha value is -2.00. The van der Waals surface area contributed by atoms with Gasteiger partial charge in [-0.3, -0.25) is 0 Å². The van der Waals surface area contributed by atoms with Crippen molar-refractivity contribution in [1.29, 1.82) is 0 Å². The minimum absolute atomic E-state index is 0.555. The highest BCUT2D eigenvalue weighted by atomic mass is 16.5. The molecule has 0 radical (unpaired) electrons. The van der Waals surface area contributed by atoms with Gasteiger partial charge in [-0.1, -0.05) is 37.3 Å². The fraction of sp³-hybridized carbons (Fsp3) is 0.368. The van der Waals surface area contributed by atoms with E-state index < -0.39 is 0 Å². The van der Waals surface area contributed by atoms with Gasteiger partial charge in [-0.25, -0.2) is 0 Å². The maximum absolute atomic E-state index is 5.97. The Morgan fingerprint density at radius 1 is 0.955 bits per heavy atom. The van der Waals surface area contributed by atoms with Gasteiger partial charge in [0.15, 0.2) is 11.5 Å². The average molecular weight is 299 g/mol. The summed E-state index contributed by atoms with van der Waals surface area (Å²) < 4.78 is 11.7. The number of aryl methyl sites for hydroxylation is 1. The molecule has 0 aliphatic carbocycles. The molecule has 0 spiro atoms. The van der Waals surface area contributed by atoms with Crippen LogP contribution in [0.15, 0.2) is 42.5 Å². The molecule has 0 fully saturated rings. The molecule has 22 heavy (non-hydrogen) atoms. The molecule has 2 rings (SSSR count). The number of nitrogens with one attached hydrogen (secondary N) is 1. The van der Waals surface area contributed by atoms with Gasteiger partial charge in [-0.2, -0.15) is 0 Å². The lowest BCUT2D eigenvalue weighted by Gasteiger charge is -2.14. The van der Waals surface area contributed by atoms with E-state index >= 15 is 0 Å². The lowest BCUT2D eigenvalue weighted by Crippen LogP contribution is -2.12. The third-order valence-electron chi connectivity index (χ3n) is 3.53. The Morgan fingerprint density at radius 2 is 1.77 bits per heavy atom. The van der Waals surface area contributed by atoms with Crippen molar-refractivity contribution in [2.45, 2.75) is 33.9 Å². The molecule has 2 aromatic rings. The molecule has 0 saturated heterocycles. The summed E-state index contributed by atoms with van der Waals surface area (Å²) in [5.74, 6) is 1.61. The molecule has 1 N–H and O–H groups in total. The van der Waals surface area contributed by atoms with Crippen LogP contribution in [0.2, 0.25) is 0 Å². The molecule has 3 heteroatoms. The highest BCUT2D eigenvalue weighted by Crippen LogP contribution is 2.29. The van der Waals surface area contributed by atoms with E-state index in [1.807, 2.05) is 25.1 Å². The van der Waals surface area contributed by atoms with E-state index in [9.17, 15) is 0 Å². The first-order valence-electron chi connectivity index (χ1n) is 7.88. The highest BCUT2D eigenvalue weighted by molar-refractivity contribution is 5.43. The first-order valence-corrected chi connectivity index (χ1v) is 7.88. The van der Waals surface area contributed by atoms with Crippen LogP contribution in [0.25, 0.3) is 0 Å². The molecular formula is C19H25NO2. The van der Waals surface area contributed by atoms with Crippen molar-refractivity contribution < 1.29 is 9.47 Å². The van der Waals surface area contributed by atoms with Crippen molar-refractivity contribution in [2.75, 3.05) is 13.2 Å². The van der Waals surface area contributed by atoms with Gasteiger partial charge in [0.2, 0.25) is 0 Å². The zero-order valence-corrected chi connectivity index (χ0v) is 13.7. The molecule has 0 aliphatic rings. The van der Waals surface area contributed by atoms with E-state index in [4.69, 9.17) is 9.47 Å². The standard InChI is InChI=1S/C19H25NO2/c1-4-20-13-16-10-11-18(19(12-16)21-5-2)22-14-17-9-7-6-8-15(17)3/h6-12,20H,4-5,13-14H2,1-3H3. The predicted octanol–water partition coefficient (Wildman–Crippen LogP) is 4.08. The van der Waals surface area contributed by atoms with E-state index in [0.717, 1.165) is 24.6 Å². The molecule has 3 nitrogen and oxygen atoms in total. The van der Waals surface area contributed by atoms with Crippen LogP contribution in [0.3, 0.4) is 0 Å². The minimum atomic E-state index is 0.555. The maximum Gasteiger partial charge on any atom is 0.161 e. The van der Waals surface area contributed by atoms with Gasteiger partial charge in [0, 0.05) is 6.54 Å². The lowest BCUT2D eigenvalue weighted by molar-refractivity contribution is 0.268. The van der Waals surface area contributed by atoms with E-state index in [1.54, 1.807) is 0 Å². The quantitative estimate of drug-likeness (QED) is 0.796. The van der Waals surface area contributed by atoms with Gasteiger partial charge in [-0.05, 0) is 49.2 Å².